The van der Waals surface area contributed by atoms with E-state index in [0.29, 0.717) is 0 Å². The molecule has 4 heteroatoms. The van der Waals surface area contributed by atoms with Gasteiger partial charge in [-0.25, -0.2) is 4.98 Å². The molecule has 172 valence electrons. The van der Waals surface area contributed by atoms with Crippen molar-refractivity contribution in [2.75, 3.05) is 0 Å². The van der Waals surface area contributed by atoms with Crippen LogP contribution in [0.15, 0.2) is 110 Å². The van der Waals surface area contributed by atoms with Crippen molar-refractivity contribution in [2.24, 2.45) is 0 Å². The van der Waals surface area contributed by atoms with E-state index >= 15 is 0 Å². The molecule has 0 unspecified atom stereocenters. The monoisotopic (exact) mass is 472 g/mol. The number of imidazole rings is 1. The topological polar surface area (TPSA) is 35.1 Å². The van der Waals surface area contributed by atoms with Gasteiger partial charge in [0, 0.05) is 52.0 Å². The van der Waals surface area contributed by atoms with E-state index in [-0.39, 0.29) is 0 Å². The van der Waals surface area contributed by atoms with Gasteiger partial charge in [0.15, 0.2) is 0 Å². The standard InChI is InChI=1S/C33H20N4/c1-2-7-22(8-3-1)37-29-11-10-24-27-19-34-13-12-28(27)36-15-14-35-33(36)32(24)31(29)26-17-21-16-20-6-4-5-9-23(20)25(21)18-30(26)37/h1-15,17-19H,16H2. The molecular weight excluding hydrogens is 452 g/mol. The molecule has 0 fully saturated rings. The van der Waals surface area contributed by atoms with Crippen molar-refractivity contribution in [3.05, 3.63) is 121 Å². The van der Waals surface area contributed by atoms with Gasteiger partial charge in [0.25, 0.3) is 0 Å². The minimum absolute atomic E-state index is 0.968. The average molecular weight is 473 g/mol. The van der Waals surface area contributed by atoms with Crippen LogP contribution in [0, 0.1) is 0 Å². The van der Waals surface area contributed by atoms with Crippen LogP contribution < -0.4 is 0 Å². The molecule has 8 aromatic rings. The van der Waals surface area contributed by atoms with E-state index in [2.05, 4.69) is 105 Å². The molecular formula is C33H20N4. The molecule has 0 bridgehead atoms. The highest BCUT2D eigenvalue weighted by Gasteiger charge is 2.24. The van der Waals surface area contributed by atoms with Gasteiger partial charge in [0.1, 0.15) is 5.65 Å². The second kappa shape index (κ2) is 6.83. The number of fused-ring (bicyclic) bond motifs is 13. The Balaban J connectivity index is 1.54. The third kappa shape index (κ3) is 2.42. The van der Waals surface area contributed by atoms with Gasteiger partial charge in [-0.05, 0) is 70.5 Å². The molecule has 0 N–H and O–H groups in total. The number of hydrogen-bond acceptors (Lipinski definition) is 2. The van der Waals surface area contributed by atoms with Crippen LogP contribution in [-0.2, 0) is 6.42 Å². The van der Waals surface area contributed by atoms with Crippen LogP contribution in [0.5, 0.6) is 0 Å². The third-order valence-electron chi connectivity index (χ3n) is 8.07. The second-order valence-electron chi connectivity index (χ2n) is 9.93. The first-order valence-electron chi connectivity index (χ1n) is 12.6. The average Bonchev–Trinajstić information content (AvgIpc) is 3.66. The van der Waals surface area contributed by atoms with E-state index in [4.69, 9.17) is 4.98 Å². The number of benzene rings is 4. The van der Waals surface area contributed by atoms with Crippen molar-refractivity contribution < 1.29 is 0 Å². The summed E-state index contributed by atoms with van der Waals surface area (Å²) in [5.74, 6) is 0. The summed E-state index contributed by atoms with van der Waals surface area (Å²) < 4.78 is 4.62. The van der Waals surface area contributed by atoms with Gasteiger partial charge in [-0.2, -0.15) is 0 Å². The lowest BCUT2D eigenvalue weighted by atomic mass is 9.99. The van der Waals surface area contributed by atoms with Gasteiger partial charge >= 0.3 is 0 Å². The zero-order chi connectivity index (χ0) is 24.1. The summed E-state index contributed by atoms with van der Waals surface area (Å²) in [4.78, 5) is 9.35. The Morgan fingerprint density at radius 1 is 0.622 bits per heavy atom. The Morgan fingerprint density at radius 2 is 1.51 bits per heavy atom. The number of para-hydroxylation sites is 1. The number of nitrogens with zero attached hydrogens (tertiary/aromatic N) is 4. The molecule has 0 spiro atoms. The largest absolute Gasteiger partial charge is 0.309 e. The number of rotatable bonds is 1. The fourth-order valence-corrected chi connectivity index (χ4v) is 6.54. The maximum atomic E-state index is 4.87. The van der Waals surface area contributed by atoms with Crippen molar-refractivity contribution >= 4 is 49.1 Å². The van der Waals surface area contributed by atoms with Crippen LogP contribution in [-0.4, -0.2) is 18.9 Å². The quantitative estimate of drug-likeness (QED) is 0.229. The van der Waals surface area contributed by atoms with Crippen LogP contribution in [0.25, 0.3) is 65.9 Å². The van der Waals surface area contributed by atoms with E-state index in [9.17, 15) is 0 Å². The fourth-order valence-electron chi connectivity index (χ4n) is 6.54. The van der Waals surface area contributed by atoms with Crippen LogP contribution in [0.3, 0.4) is 0 Å². The van der Waals surface area contributed by atoms with E-state index in [0.717, 1.165) is 28.7 Å². The summed E-state index contributed by atoms with van der Waals surface area (Å²) in [6, 6.07) is 30.9. The lowest BCUT2D eigenvalue weighted by Crippen LogP contribution is -1.94. The lowest BCUT2D eigenvalue weighted by Gasteiger charge is -2.11. The van der Waals surface area contributed by atoms with Crippen molar-refractivity contribution in [3.63, 3.8) is 0 Å². The molecule has 4 nitrogen and oxygen atoms in total. The molecule has 37 heavy (non-hydrogen) atoms. The first-order chi connectivity index (χ1) is 18.4. The number of aromatic nitrogens is 4. The van der Waals surface area contributed by atoms with E-state index in [1.54, 1.807) is 0 Å². The second-order valence-corrected chi connectivity index (χ2v) is 9.93. The van der Waals surface area contributed by atoms with Crippen molar-refractivity contribution in [1.29, 1.82) is 0 Å². The summed E-state index contributed by atoms with van der Waals surface area (Å²) in [6.07, 6.45) is 8.76. The first-order valence-corrected chi connectivity index (χ1v) is 12.6. The summed E-state index contributed by atoms with van der Waals surface area (Å²) in [5.41, 5.74) is 11.2. The third-order valence-corrected chi connectivity index (χ3v) is 8.07. The van der Waals surface area contributed by atoms with E-state index in [1.165, 1.54) is 54.8 Å². The van der Waals surface area contributed by atoms with Gasteiger partial charge < -0.3 is 4.57 Å². The molecule has 0 saturated heterocycles. The molecule has 4 heterocycles. The molecule has 0 aliphatic heterocycles. The minimum atomic E-state index is 0.968. The highest BCUT2D eigenvalue weighted by molar-refractivity contribution is 6.29. The molecule has 0 atom stereocenters. The maximum Gasteiger partial charge on any atom is 0.145 e. The SMILES string of the molecule is c1ccc(-n2c3cc4c(cc3c3c5c(ccc32)c2cnccc2n2ccnc52)Cc2ccccc2-4)cc1. The number of pyridine rings is 2. The summed E-state index contributed by atoms with van der Waals surface area (Å²) in [7, 11) is 0. The fraction of sp³-hybridized carbons (Fsp3) is 0.0303. The molecule has 1 aliphatic rings. The van der Waals surface area contributed by atoms with E-state index in [1.807, 2.05) is 18.6 Å². The van der Waals surface area contributed by atoms with Crippen LogP contribution in [0.4, 0.5) is 0 Å². The Morgan fingerprint density at radius 3 is 2.46 bits per heavy atom. The Labute approximate surface area is 212 Å². The summed E-state index contributed by atoms with van der Waals surface area (Å²) in [6.45, 7) is 0. The molecule has 4 aromatic heterocycles. The zero-order valence-electron chi connectivity index (χ0n) is 19.9. The normalized spacial score (nSPS) is 12.8. The van der Waals surface area contributed by atoms with Crippen LogP contribution >= 0.6 is 0 Å². The molecule has 0 saturated carbocycles. The van der Waals surface area contributed by atoms with Gasteiger partial charge in [0.2, 0.25) is 0 Å². The van der Waals surface area contributed by atoms with Crippen molar-refractivity contribution in [3.8, 4) is 16.8 Å². The van der Waals surface area contributed by atoms with Crippen LogP contribution in [0.1, 0.15) is 11.1 Å². The Hall–Kier alpha value is -4.96. The molecule has 0 amide bonds. The molecule has 1 aliphatic carbocycles. The number of hydrogen-bond donors (Lipinski definition) is 0. The highest BCUT2D eigenvalue weighted by atomic mass is 15.0. The highest BCUT2D eigenvalue weighted by Crippen LogP contribution is 2.45. The Kier molecular flexibility index (Phi) is 3.55. The maximum absolute atomic E-state index is 4.87. The summed E-state index contributed by atoms with van der Waals surface area (Å²) >= 11 is 0. The smallest absolute Gasteiger partial charge is 0.145 e. The predicted molar refractivity (Wildman–Crippen MR) is 151 cm³/mol. The zero-order valence-corrected chi connectivity index (χ0v) is 19.9. The summed E-state index contributed by atoms with van der Waals surface area (Å²) in [5, 5.41) is 6.02. The van der Waals surface area contributed by atoms with Gasteiger partial charge in [-0.3, -0.25) is 9.38 Å². The minimum Gasteiger partial charge on any atom is -0.309 e. The Bertz CT molecular complexity index is 2220. The molecule has 9 rings (SSSR count). The lowest BCUT2D eigenvalue weighted by molar-refractivity contribution is 1.18. The first kappa shape index (κ1) is 19.3. The molecule has 0 radical (unpaired) electrons. The van der Waals surface area contributed by atoms with Crippen molar-refractivity contribution in [1.82, 2.24) is 18.9 Å². The van der Waals surface area contributed by atoms with Crippen molar-refractivity contribution in [2.45, 2.75) is 6.42 Å². The van der Waals surface area contributed by atoms with Gasteiger partial charge in [-0.15, -0.1) is 0 Å². The van der Waals surface area contributed by atoms with Crippen LogP contribution in [0.2, 0.25) is 0 Å². The van der Waals surface area contributed by atoms with Gasteiger partial charge in [0.05, 0.1) is 16.6 Å². The molecule has 4 aromatic carbocycles. The van der Waals surface area contributed by atoms with E-state index < -0.39 is 0 Å². The van der Waals surface area contributed by atoms with Gasteiger partial charge in [-0.1, -0.05) is 48.5 Å². The predicted octanol–water partition coefficient (Wildman–Crippen LogP) is 7.70.